The molecule has 4 heteroatoms. The summed E-state index contributed by atoms with van der Waals surface area (Å²) in [4.78, 5) is 4.32. The molecule has 1 atom stereocenters. The third-order valence-electron chi connectivity index (χ3n) is 4.04. The molecule has 0 bridgehead atoms. The van der Waals surface area contributed by atoms with Crippen molar-refractivity contribution in [3.05, 3.63) is 17.2 Å². The Hall–Kier alpha value is -0.540. The summed E-state index contributed by atoms with van der Waals surface area (Å²) in [5.74, 6) is 1.01. The van der Waals surface area contributed by atoms with Gasteiger partial charge in [0.05, 0.1) is 12.7 Å². The van der Waals surface area contributed by atoms with E-state index in [1.165, 1.54) is 25.7 Å². The minimum atomic E-state index is 0.396. The number of hydrogen-bond acceptors (Lipinski definition) is 2. The first-order valence-electron chi connectivity index (χ1n) is 6.40. The second-order valence-electron chi connectivity index (χ2n) is 5.72. The van der Waals surface area contributed by atoms with Gasteiger partial charge in [0.25, 0.3) is 0 Å². The van der Waals surface area contributed by atoms with Gasteiger partial charge in [-0.05, 0) is 18.3 Å². The summed E-state index contributed by atoms with van der Waals surface area (Å²) in [6, 6.07) is 0.590. The smallest absolute Gasteiger partial charge is 0.128 e. The molecule has 2 rings (SSSR count). The summed E-state index contributed by atoms with van der Waals surface area (Å²) >= 11 is 5.98. The monoisotopic (exact) mass is 255 g/mol. The van der Waals surface area contributed by atoms with Gasteiger partial charge in [0.1, 0.15) is 11.0 Å². The number of imidazole rings is 1. The molecule has 0 radical (unpaired) electrons. The van der Waals surface area contributed by atoms with Gasteiger partial charge in [0.15, 0.2) is 0 Å². The molecule has 1 saturated carbocycles. The number of nitrogens with one attached hydrogen (secondary N) is 1. The second-order valence-corrected chi connectivity index (χ2v) is 6.11. The summed E-state index contributed by atoms with van der Waals surface area (Å²) in [7, 11) is 1.96. The van der Waals surface area contributed by atoms with Gasteiger partial charge in [-0.3, -0.25) is 0 Å². The Kier molecular flexibility index (Phi) is 3.79. The molecular weight excluding hydrogens is 234 g/mol. The molecule has 17 heavy (non-hydrogen) atoms. The fourth-order valence-corrected chi connectivity index (χ4v) is 2.82. The fourth-order valence-electron chi connectivity index (χ4n) is 2.68. The minimum Gasteiger partial charge on any atom is -0.321 e. The van der Waals surface area contributed by atoms with Crippen LogP contribution >= 0.6 is 11.6 Å². The van der Waals surface area contributed by atoms with E-state index in [0.717, 1.165) is 12.4 Å². The lowest BCUT2D eigenvalue weighted by Crippen LogP contribution is -2.44. The van der Waals surface area contributed by atoms with E-state index in [4.69, 9.17) is 11.6 Å². The van der Waals surface area contributed by atoms with Gasteiger partial charge in [0, 0.05) is 13.1 Å². The van der Waals surface area contributed by atoms with Crippen molar-refractivity contribution < 1.29 is 0 Å². The maximum Gasteiger partial charge on any atom is 0.128 e. The zero-order chi connectivity index (χ0) is 12.5. The highest BCUT2D eigenvalue weighted by Gasteiger charge is 2.31. The van der Waals surface area contributed by atoms with Crippen molar-refractivity contribution in [2.75, 3.05) is 0 Å². The average molecular weight is 256 g/mol. The molecule has 96 valence electrons. The number of rotatable bonds is 3. The quantitative estimate of drug-likeness (QED) is 0.899. The molecule has 3 nitrogen and oxygen atoms in total. The first-order chi connectivity index (χ1) is 8.00. The number of aromatic nitrogens is 2. The van der Waals surface area contributed by atoms with Crippen molar-refractivity contribution in [2.45, 2.75) is 52.1 Å². The summed E-state index contributed by atoms with van der Waals surface area (Å²) < 4.78 is 1.93. The molecule has 1 aliphatic carbocycles. The summed E-state index contributed by atoms with van der Waals surface area (Å²) in [6.07, 6.45) is 6.99. The van der Waals surface area contributed by atoms with Gasteiger partial charge < -0.3 is 9.88 Å². The fraction of sp³-hybridized carbons (Fsp3) is 0.769. The van der Waals surface area contributed by atoms with Crippen molar-refractivity contribution in [3.63, 3.8) is 0 Å². The topological polar surface area (TPSA) is 29.9 Å². The molecule has 0 saturated heterocycles. The average Bonchev–Trinajstić information content (AvgIpc) is 2.58. The third kappa shape index (κ3) is 2.83. The van der Waals surface area contributed by atoms with Crippen LogP contribution in [-0.2, 0) is 13.6 Å². The van der Waals surface area contributed by atoms with Gasteiger partial charge in [-0.1, -0.05) is 38.3 Å². The predicted octanol–water partition coefficient (Wildman–Crippen LogP) is 3.13. The lowest BCUT2D eigenvalue weighted by molar-refractivity contribution is 0.165. The van der Waals surface area contributed by atoms with Crippen LogP contribution < -0.4 is 5.32 Å². The molecule has 1 N–H and O–H groups in total. The lowest BCUT2D eigenvalue weighted by atomic mass is 9.73. The Bertz CT molecular complexity index is 384. The first kappa shape index (κ1) is 12.9. The largest absolute Gasteiger partial charge is 0.321 e. The van der Waals surface area contributed by atoms with Crippen molar-refractivity contribution in [2.24, 2.45) is 12.5 Å². The van der Waals surface area contributed by atoms with Crippen LogP contribution in [0.1, 0.15) is 45.4 Å². The van der Waals surface area contributed by atoms with E-state index >= 15 is 0 Å². The van der Waals surface area contributed by atoms with E-state index < -0.39 is 0 Å². The number of hydrogen-bond donors (Lipinski definition) is 1. The Morgan fingerprint density at radius 1 is 1.53 bits per heavy atom. The van der Waals surface area contributed by atoms with Gasteiger partial charge in [-0.25, -0.2) is 4.98 Å². The van der Waals surface area contributed by atoms with Gasteiger partial charge >= 0.3 is 0 Å². The predicted molar refractivity (Wildman–Crippen MR) is 71.1 cm³/mol. The molecule has 0 aliphatic heterocycles. The van der Waals surface area contributed by atoms with E-state index in [0.29, 0.717) is 16.6 Å². The summed E-state index contributed by atoms with van der Waals surface area (Å²) in [6.45, 7) is 5.52. The molecule has 1 fully saturated rings. The lowest BCUT2D eigenvalue weighted by Gasteiger charge is -2.39. The van der Waals surface area contributed by atoms with Crippen LogP contribution in [-0.4, -0.2) is 15.6 Å². The summed E-state index contributed by atoms with van der Waals surface area (Å²) in [5, 5.41) is 4.34. The Balaban J connectivity index is 1.95. The maximum atomic E-state index is 5.98. The van der Waals surface area contributed by atoms with Gasteiger partial charge in [0.2, 0.25) is 0 Å². The number of nitrogens with zero attached hydrogens (tertiary/aromatic N) is 2. The van der Waals surface area contributed by atoms with E-state index in [9.17, 15) is 0 Å². The highest BCUT2D eigenvalue weighted by Crippen LogP contribution is 2.35. The van der Waals surface area contributed by atoms with E-state index in [1.54, 1.807) is 6.20 Å². The van der Waals surface area contributed by atoms with Crippen LogP contribution in [0.25, 0.3) is 0 Å². The second kappa shape index (κ2) is 4.99. The van der Waals surface area contributed by atoms with Gasteiger partial charge in [-0.2, -0.15) is 0 Å². The Morgan fingerprint density at radius 3 is 2.88 bits per heavy atom. The molecule has 0 aromatic carbocycles. The molecule has 0 spiro atoms. The number of halogens is 1. The van der Waals surface area contributed by atoms with E-state index in [2.05, 4.69) is 24.1 Å². The van der Waals surface area contributed by atoms with Gasteiger partial charge in [-0.15, -0.1) is 0 Å². The maximum absolute atomic E-state index is 5.98. The Morgan fingerprint density at radius 2 is 2.29 bits per heavy atom. The van der Waals surface area contributed by atoms with Crippen molar-refractivity contribution in [3.8, 4) is 0 Å². The molecular formula is C13H22ClN3. The SMILES string of the molecule is Cn1c(Cl)cnc1CNC1CCCCC1(C)C. The van der Waals surface area contributed by atoms with Crippen LogP contribution in [0.15, 0.2) is 6.20 Å². The first-order valence-corrected chi connectivity index (χ1v) is 6.78. The molecule has 0 amide bonds. The molecule has 1 heterocycles. The Labute approximate surface area is 109 Å². The molecule has 1 aliphatic rings. The van der Waals surface area contributed by atoms with Crippen molar-refractivity contribution in [1.82, 2.24) is 14.9 Å². The van der Waals surface area contributed by atoms with Crippen LogP contribution in [0, 0.1) is 5.41 Å². The molecule has 1 unspecified atom stereocenters. The standard InChI is InChI=1S/C13H22ClN3/c1-13(2)7-5-4-6-10(13)15-9-12-16-8-11(14)17(12)3/h8,10,15H,4-7,9H2,1-3H3. The van der Waals surface area contributed by atoms with Crippen molar-refractivity contribution >= 4 is 11.6 Å². The molecule has 1 aromatic heterocycles. The third-order valence-corrected chi connectivity index (χ3v) is 4.39. The highest BCUT2D eigenvalue weighted by molar-refractivity contribution is 6.29. The van der Waals surface area contributed by atoms with Crippen LogP contribution in [0.5, 0.6) is 0 Å². The van der Waals surface area contributed by atoms with Crippen molar-refractivity contribution in [1.29, 1.82) is 0 Å². The van der Waals surface area contributed by atoms with Crippen LogP contribution in [0.4, 0.5) is 0 Å². The normalized spacial score (nSPS) is 23.9. The van der Waals surface area contributed by atoms with E-state index in [-0.39, 0.29) is 0 Å². The van der Waals surface area contributed by atoms with Crippen LogP contribution in [0.2, 0.25) is 5.15 Å². The minimum absolute atomic E-state index is 0.396. The van der Waals surface area contributed by atoms with E-state index in [1.807, 2.05) is 11.6 Å². The zero-order valence-electron chi connectivity index (χ0n) is 11.0. The summed E-state index contributed by atoms with van der Waals surface area (Å²) in [5.41, 5.74) is 0.396. The highest BCUT2D eigenvalue weighted by atomic mass is 35.5. The van der Waals surface area contributed by atoms with Crippen LogP contribution in [0.3, 0.4) is 0 Å². The molecule has 1 aromatic rings. The zero-order valence-corrected chi connectivity index (χ0v) is 11.7.